The first-order chi connectivity index (χ1) is 13.4. The van der Waals surface area contributed by atoms with Gasteiger partial charge in [0.05, 0.1) is 11.4 Å². The molecule has 0 aromatic heterocycles. The number of piperazine rings is 1. The minimum Gasteiger partial charge on any atom is -0.338 e. The Morgan fingerprint density at radius 3 is 2.21 bits per heavy atom. The molecule has 1 saturated heterocycles. The summed E-state index contributed by atoms with van der Waals surface area (Å²) < 4.78 is 27.1. The molecule has 0 radical (unpaired) electrons. The van der Waals surface area contributed by atoms with Gasteiger partial charge in [0, 0.05) is 32.7 Å². The monoisotopic (exact) mass is 410 g/mol. The fraction of sp³-hybridized carbons (Fsp3) is 0.579. The highest BCUT2D eigenvalue weighted by Gasteiger charge is 2.29. The smallest absolute Gasteiger partial charge is 0.321 e. The Balaban J connectivity index is 1.85. The zero-order valence-electron chi connectivity index (χ0n) is 16.6. The van der Waals surface area contributed by atoms with Crippen LogP contribution in [-0.4, -0.2) is 68.8 Å². The summed E-state index contributed by atoms with van der Waals surface area (Å²) in [5.41, 5.74) is 1.13. The van der Waals surface area contributed by atoms with Gasteiger partial charge >= 0.3 is 6.03 Å². The number of sulfonamides is 1. The van der Waals surface area contributed by atoms with Crippen LogP contribution in [0.5, 0.6) is 0 Å². The van der Waals surface area contributed by atoms with Gasteiger partial charge in [0.1, 0.15) is 0 Å². The van der Waals surface area contributed by atoms with Crippen molar-refractivity contribution < 1.29 is 18.0 Å². The second kappa shape index (κ2) is 10.5. The molecule has 9 heteroatoms. The molecule has 1 aliphatic rings. The molecule has 0 unspecified atom stereocenters. The van der Waals surface area contributed by atoms with Crippen molar-refractivity contribution in [2.45, 2.75) is 38.0 Å². The fourth-order valence-corrected chi connectivity index (χ4v) is 4.47. The van der Waals surface area contributed by atoms with Crippen molar-refractivity contribution in [1.29, 1.82) is 0 Å². The van der Waals surface area contributed by atoms with Crippen molar-refractivity contribution in [3.8, 4) is 0 Å². The van der Waals surface area contributed by atoms with Gasteiger partial charge in [0.25, 0.3) is 0 Å². The predicted molar refractivity (Wildman–Crippen MR) is 107 cm³/mol. The molecule has 0 atom stereocenters. The lowest BCUT2D eigenvalue weighted by Crippen LogP contribution is -2.52. The van der Waals surface area contributed by atoms with E-state index in [1.165, 1.54) is 4.31 Å². The van der Waals surface area contributed by atoms with Crippen LogP contribution in [0.2, 0.25) is 0 Å². The van der Waals surface area contributed by atoms with Crippen LogP contribution in [0.15, 0.2) is 29.2 Å². The first-order valence-corrected chi connectivity index (χ1v) is 11.2. The highest BCUT2D eigenvalue weighted by Crippen LogP contribution is 2.18. The Morgan fingerprint density at radius 1 is 1.00 bits per heavy atom. The Morgan fingerprint density at radius 2 is 1.64 bits per heavy atom. The number of rotatable bonds is 8. The van der Waals surface area contributed by atoms with Crippen molar-refractivity contribution >= 4 is 22.0 Å². The highest BCUT2D eigenvalue weighted by atomic mass is 32.2. The van der Waals surface area contributed by atoms with Gasteiger partial charge in [-0.15, -0.1) is 0 Å². The molecule has 156 valence electrons. The SMILES string of the molecule is CCCNC(=O)NC(=O)CN1CCN(S(=O)(=O)c2ccc(CCC)cc2)CC1. The molecule has 1 aliphatic heterocycles. The molecule has 1 fully saturated rings. The van der Waals surface area contributed by atoms with E-state index in [2.05, 4.69) is 17.6 Å². The largest absolute Gasteiger partial charge is 0.338 e. The maximum atomic E-state index is 12.8. The average Bonchev–Trinajstić information content (AvgIpc) is 2.67. The van der Waals surface area contributed by atoms with Gasteiger partial charge in [0.2, 0.25) is 15.9 Å². The maximum absolute atomic E-state index is 12.8. The standard InChI is InChI=1S/C19H30N4O4S/c1-3-5-16-6-8-17(9-7-16)28(26,27)23-13-11-22(12-14-23)15-18(24)21-19(25)20-10-4-2/h6-9H,3-5,10-15H2,1-2H3,(H2,20,21,24,25). The van der Waals surface area contributed by atoms with E-state index in [9.17, 15) is 18.0 Å². The van der Waals surface area contributed by atoms with Gasteiger partial charge < -0.3 is 5.32 Å². The van der Waals surface area contributed by atoms with E-state index in [0.29, 0.717) is 37.6 Å². The van der Waals surface area contributed by atoms with Crippen LogP contribution >= 0.6 is 0 Å². The van der Waals surface area contributed by atoms with Gasteiger partial charge in [-0.05, 0) is 30.5 Å². The third-order valence-electron chi connectivity index (χ3n) is 4.59. The number of aryl methyl sites for hydroxylation is 1. The van der Waals surface area contributed by atoms with Crippen LogP contribution in [0.25, 0.3) is 0 Å². The molecule has 0 bridgehead atoms. The number of carbonyl (C=O) groups excluding carboxylic acids is 2. The van der Waals surface area contributed by atoms with Crippen LogP contribution in [-0.2, 0) is 21.2 Å². The predicted octanol–water partition coefficient (Wildman–Crippen LogP) is 1.18. The van der Waals surface area contributed by atoms with E-state index >= 15 is 0 Å². The molecule has 0 aliphatic carbocycles. The first kappa shape index (κ1) is 22.3. The summed E-state index contributed by atoms with van der Waals surface area (Å²) in [5, 5.41) is 4.86. The van der Waals surface area contributed by atoms with E-state index < -0.39 is 22.0 Å². The number of amides is 3. The minimum atomic E-state index is -3.53. The van der Waals surface area contributed by atoms with Crippen molar-refractivity contribution in [1.82, 2.24) is 19.8 Å². The summed E-state index contributed by atoms with van der Waals surface area (Å²) in [6.45, 7) is 6.10. The lowest BCUT2D eigenvalue weighted by molar-refractivity contribution is -0.121. The van der Waals surface area contributed by atoms with E-state index in [-0.39, 0.29) is 6.54 Å². The van der Waals surface area contributed by atoms with Crippen LogP contribution in [0.4, 0.5) is 4.79 Å². The van der Waals surface area contributed by atoms with E-state index in [4.69, 9.17) is 0 Å². The van der Waals surface area contributed by atoms with E-state index in [0.717, 1.165) is 24.8 Å². The number of hydrogen-bond donors (Lipinski definition) is 2. The van der Waals surface area contributed by atoms with Gasteiger partial charge in [0.15, 0.2) is 0 Å². The van der Waals surface area contributed by atoms with Crippen LogP contribution < -0.4 is 10.6 Å². The third kappa shape index (κ3) is 6.29. The lowest BCUT2D eigenvalue weighted by Gasteiger charge is -2.33. The number of urea groups is 1. The molecular weight excluding hydrogens is 380 g/mol. The Kier molecular flexibility index (Phi) is 8.40. The molecule has 8 nitrogen and oxygen atoms in total. The Hall–Kier alpha value is -1.97. The van der Waals surface area contributed by atoms with E-state index in [1.54, 1.807) is 12.1 Å². The topological polar surface area (TPSA) is 98.8 Å². The van der Waals surface area contributed by atoms with Gasteiger partial charge in [-0.3, -0.25) is 15.0 Å². The molecule has 0 spiro atoms. The van der Waals surface area contributed by atoms with Crippen LogP contribution in [0.1, 0.15) is 32.3 Å². The quantitative estimate of drug-likeness (QED) is 0.671. The van der Waals surface area contributed by atoms with Crippen molar-refractivity contribution in [2.75, 3.05) is 39.3 Å². The summed E-state index contributed by atoms with van der Waals surface area (Å²) in [4.78, 5) is 25.6. The normalized spacial score (nSPS) is 15.9. The maximum Gasteiger partial charge on any atom is 0.321 e. The molecule has 1 aromatic rings. The summed E-state index contributed by atoms with van der Waals surface area (Å²) >= 11 is 0. The second-order valence-electron chi connectivity index (χ2n) is 6.88. The van der Waals surface area contributed by atoms with Crippen molar-refractivity contribution in [3.63, 3.8) is 0 Å². The molecule has 0 saturated carbocycles. The number of hydrogen-bond acceptors (Lipinski definition) is 5. The van der Waals surface area contributed by atoms with Gasteiger partial charge in [-0.25, -0.2) is 13.2 Å². The number of carbonyl (C=O) groups is 2. The molecule has 28 heavy (non-hydrogen) atoms. The number of nitrogens with one attached hydrogen (secondary N) is 2. The van der Waals surface area contributed by atoms with Crippen LogP contribution in [0, 0.1) is 0 Å². The molecular formula is C19H30N4O4S. The molecule has 3 amide bonds. The van der Waals surface area contributed by atoms with Crippen molar-refractivity contribution in [2.24, 2.45) is 0 Å². The van der Waals surface area contributed by atoms with Crippen LogP contribution in [0.3, 0.4) is 0 Å². The average molecular weight is 411 g/mol. The summed E-state index contributed by atoms with van der Waals surface area (Å²) in [6.07, 6.45) is 2.73. The number of nitrogens with zero attached hydrogens (tertiary/aromatic N) is 2. The Bertz CT molecular complexity index is 757. The fourth-order valence-electron chi connectivity index (χ4n) is 3.05. The summed E-state index contributed by atoms with van der Waals surface area (Å²) in [6, 6.07) is 6.55. The zero-order chi connectivity index (χ0) is 20.6. The summed E-state index contributed by atoms with van der Waals surface area (Å²) in [5.74, 6) is -0.392. The zero-order valence-corrected chi connectivity index (χ0v) is 17.4. The van der Waals surface area contributed by atoms with Crippen molar-refractivity contribution in [3.05, 3.63) is 29.8 Å². The Labute approximate surface area is 167 Å². The lowest BCUT2D eigenvalue weighted by atomic mass is 10.1. The minimum absolute atomic E-state index is 0.0686. The third-order valence-corrected chi connectivity index (χ3v) is 6.50. The summed E-state index contributed by atoms with van der Waals surface area (Å²) in [7, 11) is -3.53. The second-order valence-corrected chi connectivity index (χ2v) is 8.82. The van der Waals surface area contributed by atoms with Gasteiger partial charge in [-0.2, -0.15) is 4.31 Å². The molecule has 2 rings (SSSR count). The van der Waals surface area contributed by atoms with E-state index in [1.807, 2.05) is 24.0 Å². The van der Waals surface area contributed by atoms with Gasteiger partial charge in [-0.1, -0.05) is 32.4 Å². The molecule has 2 N–H and O–H groups in total. The molecule has 1 heterocycles. The molecule has 1 aromatic carbocycles. The number of imide groups is 1. The highest BCUT2D eigenvalue weighted by molar-refractivity contribution is 7.89. The first-order valence-electron chi connectivity index (χ1n) is 9.76. The number of benzene rings is 1.